The lowest BCUT2D eigenvalue weighted by atomic mass is 10.2. The first kappa shape index (κ1) is 15.5. The molecule has 0 aliphatic rings. The lowest BCUT2D eigenvalue weighted by molar-refractivity contribution is -0.137. The van der Waals surface area contributed by atoms with E-state index in [1.54, 1.807) is 12.1 Å². The Morgan fingerprint density at radius 2 is 1.89 bits per heavy atom. The fraction of sp³-hybridized carbons (Fsp3) is 0.462. The molecule has 0 spiro atoms. The first-order valence-corrected chi connectivity index (χ1v) is 7.56. The lowest BCUT2D eigenvalue weighted by Crippen LogP contribution is -2.24. The summed E-state index contributed by atoms with van der Waals surface area (Å²) in [5, 5.41) is 7.93. The molecular formula is C13H18O5S. The molecule has 1 rings (SSSR count). The molecule has 0 bridgehead atoms. The van der Waals surface area contributed by atoms with Crippen molar-refractivity contribution in [2.45, 2.75) is 36.3 Å². The summed E-state index contributed by atoms with van der Waals surface area (Å²) < 4.78 is 29.7. The van der Waals surface area contributed by atoms with Crippen LogP contribution in [0.5, 0.6) is 5.75 Å². The first-order valence-electron chi connectivity index (χ1n) is 6.01. The summed E-state index contributed by atoms with van der Waals surface area (Å²) in [4.78, 5) is 10.9. The Balaban J connectivity index is 3.06. The third-order valence-electron chi connectivity index (χ3n) is 2.84. The summed E-state index contributed by atoms with van der Waals surface area (Å²) >= 11 is 0. The number of rotatable bonds is 7. The van der Waals surface area contributed by atoms with Gasteiger partial charge in [0.2, 0.25) is 0 Å². The quantitative estimate of drug-likeness (QED) is 0.830. The number of methoxy groups -OCH3 is 1. The minimum absolute atomic E-state index is 0.132. The third-order valence-corrected chi connectivity index (χ3v) is 5.05. The van der Waals surface area contributed by atoms with Gasteiger partial charge in [0.05, 0.1) is 23.7 Å². The molecule has 19 heavy (non-hydrogen) atoms. The molecule has 1 N–H and O–H groups in total. The number of carboxylic acid groups (broad SMARTS) is 1. The van der Waals surface area contributed by atoms with Crippen LogP contribution >= 0.6 is 0 Å². The second-order valence-electron chi connectivity index (χ2n) is 4.23. The van der Waals surface area contributed by atoms with Gasteiger partial charge in [-0.3, -0.25) is 4.79 Å². The summed E-state index contributed by atoms with van der Waals surface area (Å²) in [5.74, 6) is -0.542. The summed E-state index contributed by atoms with van der Waals surface area (Å²) in [6, 6.07) is 5.99. The predicted molar refractivity (Wildman–Crippen MR) is 71.1 cm³/mol. The highest BCUT2D eigenvalue weighted by Crippen LogP contribution is 2.24. The molecule has 1 atom stereocenters. The van der Waals surface area contributed by atoms with Crippen LogP contribution in [-0.2, 0) is 14.6 Å². The van der Waals surface area contributed by atoms with Crippen LogP contribution in [-0.4, -0.2) is 31.9 Å². The van der Waals surface area contributed by atoms with Gasteiger partial charge in [-0.15, -0.1) is 0 Å². The summed E-state index contributed by atoms with van der Waals surface area (Å²) in [7, 11) is -2.13. The van der Waals surface area contributed by atoms with Crippen LogP contribution in [0.2, 0.25) is 0 Å². The summed E-state index contributed by atoms with van der Waals surface area (Å²) in [6.07, 6.45) is 0.580. The molecule has 1 aromatic carbocycles. The molecule has 0 saturated heterocycles. The Kier molecular flexibility index (Phi) is 5.35. The number of sulfone groups is 1. The predicted octanol–water partition coefficient (Wildman–Crippen LogP) is 2.11. The minimum atomic E-state index is -3.62. The third kappa shape index (κ3) is 3.96. The van der Waals surface area contributed by atoms with Crippen molar-refractivity contribution in [2.24, 2.45) is 0 Å². The topological polar surface area (TPSA) is 80.7 Å². The van der Waals surface area contributed by atoms with Crippen molar-refractivity contribution in [3.63, 3.8) is 0 Å². The molecule has 0 aliphatic heterocycles. The Hall–Kier alpha value is -1.56. The SMILES string of the molecule is CCCC(CC(=O)O)S(=O)(=O)c1ccc(OC)cc1. The molecule has 0 heterocycles. The minimum Gasteiger partial charge on any atom is -0.497 e. The number of carbonyl (C=O) groups is 1. The van der Waals surface area contributed by atoms with Crippen LogP contribution in [0.3, 0.4) is 0 Å². The molecule has 0 aromatic heterocycles. The van der Waals surface area contributed by atoms with E-state index in [4.69, 9.17) is 9.84 Å². The largest absolute Gasteiger partial charge is 0.497 e. The van der Waals surface area contributed by atoms with Crippen LogP contribution in [0.25, 0.3) is 0 Å². The van der Waals surface area contributed by atoms with Gasteiger partial charge in [0.25, 0.3) is 0 Å². The van der Waals surface area contributed by atoms with Crippen LogP contribution < -0.4 is 4.74 Å². The maximum absolute atomic E-state index is 12.4. The van der Waals surface area contributed by atoms with Gasteiger partial charge in [-0.05, 0) is 30.7 Å². The maximum atomic E-state index is 12.4. The van der Waals surface area contributed by atoms with Crippen molar-refractivity contribution in [1.82, 2.24) is 0 Å². The van der Waals surface area contributed by atoms with Crippen LogP contribution in [0, 0.1) is 0 Å². The van der Waals surface area contributed by atoms with Crippen LogP contribution in [0.15, 0.2) is 29.2 Å². The van der Waals surface area contributed by atoms with Gasteiger partial charge in [0, 0.05) is 0 Å². The molecule has 0 fully saturated rings. The molecule has 1 unspecified atom stereocenters. The van der Waals surface area contributed by atoms with Crippen molar-refractivity contribution < 1.29 is 23.1 Å². The Morgan fingerprint density at radius 1 is 1.32 bits per heavy atom. The van der Waals surface area contributed by atoms with Gasteiger partial charge in [0.1, 0.15) is 5.75 Å². The number of hydrogen-bond acceptors (Lipinski definition) is 4. The van der Waals surface area contributed by atoms with Gasteiger partial charge >= 0.3 is 5.97 Å². The van der Waals surface area contributed by atoms with Gasteiger partial charge < -0.3 is 9.84 Å². The van der Waals surface area contributed by atoms with Crippen molar-refractivity contribution >= 4 is 15.8 Å². The second-order valence-corrected chi connectivity index (χ2v) is 6.46. The first-order chi connectivity index (χ1) is 8.91. The average molecular weight is 286 g/mol. The Bertz CT molecular complexity index is 518. The zero-order valence-electron chi connectivity index (χ0n) is 11.0. The standard InChI is InChI=1S/C13H18O5S/c1-3-4-12(9-13(14)15)19(16,17)11-7-5-10(18-2)6-8-11/h5-8,12H,3-4,9H2,1-2H3,(H,14,15). The highest BCUT2D eigenvalue weighted by atomic mass is 32.2. The van der Waals surface area contributed by atoms with E-state index >= 15 is 0 Å². The monoisotopic (exact) mass is 286 g/mol. The molecular weight excluding hydrogens is 268 g/mol. The molecule has 0 aliphatic carbocycles. The molecule has 5 nitrogen and oxygen atoms in total. The molecule has 106 valence electrons. The average Bonchev–Trinajstić information content (AvgIpc) is 2.38. The van der Waals surface area contributed by atoms with Crippen molar-refractivity contribution in [2.75, 3.05) is 7.11 Å². The second kappa shape index (κ2) is 6.56. The van der Waals surface area contributed by atoms with E-state index in [0.717, 1.165) is 0 Å². The molecule has 0 amide bonds. The number of ether oxygens (including phenoxy) is 1. The number of hydrogen-bond donors (Lipinski definition) is 1. The zero-order valence-corrected chi connectivity index (χ0v) is 11.8. The van der Waals surface area contributed by atoms with Crippen LogP contribution in [0.4, 0.5) is 0 Å². The maximum Gasteiger partial charge on any atom is 0.304 e. The smallest absolute Gasteiger partial charge is 0.304 e. The van der Waals surface area contributed by atoms with Gasteiger partial charge in [0.15, 0.2) is 9.84 Å². The highest BCUT2D eigenvalue weighted by molar-refractivity contribution is 7.92. The van der Waals surface area contributed by atoms with Gasteiger partial charge in [-0.1, -0.05) is 13.3 Å². The summed E-state index contributed by atoms with van der Waals surface area (Å²) in [5.41, 5.74) is 0. The van der Waals surface area contributed by atoms with Crippen LogP contribution in [0.1, 0.15) is 26.2 Å². The zero-order chi connectivity index (χ0) is 14.5. The highest BCUT2D eigenvalue weighted by Gasteiger charge is 2.28. The fourth-order valence-electron chi connectivity index (χ4n) is 1.84. The number of aliphatic carboxylic acids is 1. The fourth-order valence-corrected chi connectivity index (χ4v) is 3.65. The lowest BCUT2D eigenvalue weighted by Gasteiger charge is -2.15. The number of benzene rings is 1. The van der Waals surface area contributed by atoms with E-state index in [2.05, 4.69) is 0 Å². The normalized spacial score (nSPS) is 12.9. The number of carboxylic acids is 1. The van der Waals surface area contributed by atoms with E-state index in [0.29, 0.717) is 18.6 Å². The van der Waals surface area contributed by atoms with E-state index in [-0.39, 0.29) is 11.3 Å². The van der Waals surface area contributed by atoms with E-state index in [1.165, 1.54) is 19.2 Å². The van der Waals surface area contributed by atoms with E-state index in [1.807, 2.05) is 6.92 Å². The molecule has 0 radical (unpaired) electrons. The molecule has 6 heteroatoms. The molecule has 1 aromatic rings. The van der Waals surface area contributed by atoms with Crippen molar-refractivity contribution in [1.29, 1.82) is 0 Å². The Labute approximate surface area is 113 Å². The molecule has 0 saturated carbocycles. The Morgan fingerprint density at radius 3 is 2.32 bits per heavy atom. The summed E-state index contributed by atoms with van der Waals surface area (Å²) in [6.45, 7) is 1.83. The van der Waals surface area contributed by atoms with Gasteiger partial charge in [-0.2, -0.15) is 0 Å². The van der Waals surface area contributed by atoms with Crippen molar-refractivity contribution in [3.8, 4) is 5.75 Å². The van der Waals surface area contributed by atoms with E-state index < -0.39 is 21.1 Å². The van der Waals surface area contributed by atoms with Gasteiger partial charge in [-0.25, -0.2) is 8.42 Å². The van der Waals surface area contributed by atoms with Crippen molar-refractivity contribution in [3.05, 3.63) is 24.3 Å². The van der Waals surface area contributed by atoms with E-state index in [9.17, 15) is 13.2 Å².